The van der Waals surface area contributed by atoms with Gasteiger partial charge in [0.15, 0.2) is 0 Å². The lowest BCUT2D eigenvalue weighted by molar-refractivity contribution is 0.0948. The van der Waals surface area contributed by atoms with E-state index in [0.29, 0.717) is 18.8 Å². The van der Waals surface area contributed by atoms with E-state index in [4.69, 9.17) is 0 Å². The monoisotopic (exact) mass is 309 g/mol. The van der Waals surface area contributed by atoms with Crippen molar-refractivity contribution in [1.29, 1.82) is 0 Å². The Morgan fingerprint density at radius 1 is 1.13 bits per heavy atom. The van der Waals surface area contributed by atoms with Gasteiger partial charge in [-0.1, -0.05) is 31.2 Å². The lowest BCUT2D eigenvalue weighted by Gasteiger charge is -2.17. The number of fused-ring (bicyclic) bond motifs is 1. The van der Waals surface area contributed by atoms with Crippen LogP contribution in [0.5, 0.6) is 0 Å². The van der Waals surface area contributed by atoms with Crippen LogP contribution in [0.2, 0.25) is 0 Å². The summed E-state index contributed by atoms with van der Waals surface area (Å²) >= 11 is 0. The minimum atomic E-state index is -0.247. The maximum Gasteiger partial charge on any atom is 0.276 e. The molecule has 1 aromatic carbocycles. The molecule has 1 aliphatic heterocycles. The smallest absolute Gasteiger partial charge is 0.276 e. The summed E-state index contributed by atoms with van der Waals surface area (Å²) in [7, 11) is 0. The minimum absolute atomic E-state index is 0.167. The Bertz CT molecular complexity index is 743. The molecule has 0 atom stereocenters. The van der Waals surface area contributed by atoms with Gasteiger partial charge in [-0.15, -0.1) is 0 Å². The van der Waals surface area contributed by atoms with E-state index in [9.17, 15) is 9.59 Å². The lowest BCUT2D eigenvalue weighted by atomic mass is 10.2. The predicted molar refractivity (Wildman–Crippen MR) is 88.7 cm³/mol. The summed E-state index contributed by atoms with van der Waals surface area (Å²) in [6.07, 6.45) is 1.70. The van der Waals surface area contributed by atoms with Crippen molar-refractivity contribution in [2.75, 3.05) is 18.0 Å². The first-order chi connectivity index (χ1) is 11.2. The average molecular weight is 309 g/mol. The molecule has 0 spiro atoms. The highest BCUT2D eigenvalue weighted by molar-refractivity contribution is 6.06. The molecule has 2 amide bonds. The Kier molecular flexibility index (Phi) is 4.37. The van der Waals surface area contributed by atoms with Crippen molar-refractivity contribution in [3.63, 3.8) is 0 Å². The Labute approximate surface area is 135 Å². The minimum Gasteiger partial charge on any atom is -0.351 e. The van der Waals surface area contributed by atoms with Gasteiger partial charge in [0.2, 0.25) is 0 Å². The third-order valence-corrected chi connectivity index (χ3v) is 3.87. The van der Waals surface area contributed by atoms with Crippen LogP contribution >= 0.6 is 0 Å². The number of benzene rings is 1. The molecule has 0 radical (unpaired) electrons. The van der Waals surface area contributed by atoms with Gasteiger partial charge in [0.25, 0.3) is 11.8 Å². The second kappa shape index (κ2) is 6.60. The highest BCUT2D eigenvalue weighted by Gasteiger charge is 2.26. The number of carbonyl (C=O) groups excluding carboxylic acids is 2. The molecule has 5 nitrogen and oxygen atoms in total. The van der Waals surface area contributed by atoms with Gasteiger partial charge in [-0.2, -0.15) is 0 Å². The zero-order valence-corrected chi connectivity index (χ0v) is 13.1. The number of amides is 2. The topological polar surface area (TPSA) is 62.3 Å². The van der Waals surface area contributed by atoms with Gasteiger partial charge < -0.3 is 10.2 Å². The van der Waals surface area contributed by atoms with Crippen LogP contribution in [-0.2, 0) is 6.42 Å². The van der Waals surface area contributed by atoms with Crippen LogP contribution in [-0.4, -0.2) is 29.9 Å². The molecule has 2 aromatic rings. The lowest BCUT2D eigenvalue weighted by Crippen LogP contribution is -2.31. The molecule has 0 unspecified atom stereocenters. The third kappa shape index (κ3) is 3.08. The van der Waals surface area contributed by atoms with Gasteiger partial charge in [0, 0.05) is 18.8 Å². The molecule has 0 fully saturated rings. The normalized spacial score (nSPS) is 12.8. The largest absolute Gasteiger partial charge is 0.351 e. The number of pyridine rings is 1. The van der Waals surface area contributed by atoms with E-state index >= 15 is 0 Å². The van der Waals surface area contributed by atoms with E-state index in [0.717, 1.165) is 24.1 Å². The van der Waals surface area contributed by atoms with Gasteiger partial charge in [-0.3, -0.25) is 9.59 Å². The van der Waals surface area contributed by atoms with Crippen molar-refractivity contribution in [1.82, 2.24) is 10.3 Å². The zero-order valence-electron chi connectivity index (χ0n) is 13.1. The van der Waals surface area contributed by atoms with Crippen LogP contribution in [0, 0.1) is 0 Å². The molecular weight excluding hydrogens is 290 g/mol. The Morgan fingerprint density at radius 3 is 2.74 bits per heavy atom. The fourth-order valence-electron chi connectivity index (χ4n) is 2.70. The van der Waals surface area contributed by atoms with E-state index in [2.05, 4.69) is 10.3 Å². The third-order valence-electron chi connectivity index (χ3n) is 3.87. The molecule has 1 aliphatic rings. The number of rotatable bonds is 4. The molecule has 1 N–H and O–H groups in total. The molecule has 0 saturated carbocycles. The van der Waals surface area contributed by atoms with Crippen LogP contribution in [0.1, 0.15) is 39.9 Å². The Balaban J connectivity index is 1.82. The maximum atomic E-state index is 12.7. The number of nitrogens with one attached hydrogen (secondary N) is 1. The first-order valence-electron chi connectivity index (χ1n) is 7.85. The highest BCUT2D eigenvalue weighted by atomic mass is 16.2. The van der Waals surface area contributed by atoms with Crippen LogP contribution in [0.15, 0.2) is 42.5 Å². The number of para-hydroxylation sites is 1. The van der Waals surface area contributed by atoms with E-state index in [-0.39, 0.29) is 17.5 Å². The van der Waals surface area contributed by atoms with Crippen LogP contribution in [0.4, 0.5) is 5.69 Å². The van der Waals surface area contributed by atoms with E-state index in [1.807, 2.05) is 31.2 Å². The second-order valence-electron chi connectivity index (χ2n) is 5.50. The van der Waals surface area contributed by atoms with Crippen LogP contribution in [0.3, 0.4) is 0 Å². The summed E-state index contributed by atoms with van der Waals surface area (Å²) in [5, 5.41) is 2.77. The maximum absolute atomic E-state index is 12.7. The molecule has 0 saturated heterocycles. The van der Waals surface area contributed by atoms with Gasteiger partial charge in [0.1, 0.15) is 11.4 Å². The first-order valence-corrected chi connectivity index (χ1v) is 7.85. The Hall–Kier alpha value is -2.69. The van der Waals surface area contributed by atoms with E-state index in [1.165, 1.54) is 0 Å². The fourth-order valence-corrected chi connectivity index (χ4v) is 2.70. The SMILES string of the molecule is CCCNC(=O)c1cccc(C(=O)N2CCc3ccccc32)n1. The molecule has 0 bridgehead atoms. The molecular formula is C18H19N3O2. The summed E-state index contributed by atoms with van der Waals surface area (Å²) in [4.78, 5) is 30.7. The zero-order chi connectivity index (χ0) is 16.2. The van der Waals surface area contributed by atoms with E-state index < -0.39 is 0 Å². The molecule has 118 valence electrons. The standard InChI is InChI=1S/C18H19N3O2/c1-2-11-19-17(22)14-7-5-8-15(20-14)18(23)21-12-10-13-6-3-4-9-16(13)21/h3-9H,2,10-12H2,1H3,(H,19,22). The Morgan fingerprint density at radius 2 is 1.91 bits per heavy atom. The number of hydrogen-bond donors (Lipinski definition) is 1. The molecule has 23 heavy (non-hydrogen) atoms. The summed E-state index contributed by atoms with van der Waals surface area (Å²) < 4.78 is 0. The summed E-state index contributed by atoms with van der Waals surface area (Å²) in [6.45, 7) is 3.22. The molecule has 3 rings (SSSR count). The van der Waals surface area contributed by atoms with Crippen molar-refractivity contribution in [3.05, 3.63) is 59.4 Å². The van der Waals surface area contributed by atoms with Crippen molar-refractivity contribution >= 4 is 17.5 Å². The molecule has 2 heterocycles. The van der Waals surface area contributed by atoms with Gasteiger partial charge in [0.05, 0.1) is 0 Å². The summed E-state index contributed by atoms with van der Waals surface area (Å²) in [5.74, 6) is -0.414. The van der Waals surface area contributed by atoms with Crippen molar-refractivity contribution in [2.45, 2.75) is 19.8 Å². The van der Waals surface area contributed by atoms with Crippen molar-refractivity contribution < 1.29 is 9.59 Å². The van der Waals surface area contributed by atoms with Crippen molar-refractivity contribution in [2.24, 2.45) is 0 Å². The van der Waals surface area contributed by atoms with Gasteiger partial charge in [-0.25, -0.2) is 4.98 Å². The first kappa shape index (κ1) is 15.2. The molecule has 1 aromatic heterocycles. The van der Waals surface area contributed by atoms with Crippen LogP contribution < -0.4 is 10.2 Å². The predicted octanol–water partition coefficient (Wildman–Crippen LogP) is 2.42. The average Bonchev–Trinajstić information content (AvgIpc) is 3.03. The van der Waals surface area contributed by atoms with Gasteiger partial charge in [-0.05, 0) is 36.6 Å². The molecule has 5 heteroatoms. The number of hydrogen-bond acceptors (Lipinski definition) is 3. The number of nitrogens with zero attached hydrogens (tertiary/aromatic N) is 2. The summed E-state index contributed by atoms with van der Waals surface area (Å²) in [5.41, 5.74) is 2.67. The highest BCUT2D eigenvalue weighted by Crippen LogP contribution is 2.28. The van der Waals surface area contributed by atoms with Crippen LogP contribution in [0.25, 0.3) is 0 Å². The summed E-state index contributed by atoms with van der Waals surface area (Å²) in [6, 6.07) is 12.8. The fraction of sp³-hybridized carbons (Fsp3) is 0.278. The quantitative estimate of drug-likeness (QED) is 0.943. The van der Waals surface area contributed by atoms with Crippen molar-refractivity contribution in [3.8, 4) is 0 Å². The molecule has 0 aliphatic carbocycles. The number of aromatic nitrogens is 1. The van der Waals surface area contributed by atoms with E-state index in [1.54, 1.807) is 23.1 Å². The van der Waals surface area contributed by atoms with Gasteiger partial charge >= 0.3 is 0 Å². The second-order valence-corrected chi connectivity index (χ2v) is 5.50. The number of carbonyl (C=O) groups is 2. The number of anilines is 1.